The molecule has 7 heteroatoms. The van der Waals surface area contributed by atoms with Crippen molar-refractivity contribution >= 4 is 11.8 Å². The molecular formula is C14H19N3O4. The summed E-state index contributed by atoms with van der Waals surface area (Å²) in [7, 11) is 0. The summed E-state index contributed by atoms with van der Waals surface area (Å²) in [5.41, 5.74) is 6.54. The molecule has 1 fully saturated rings. The van der Waals surface area contributed by atoms with E-state index in [0.29, 0.717) is 25.1 Å². The van der Waals surface area contributed by atoms with Gasteiger partial charge in [-0.05, 0) is 30.5 Å². The van der Waals surface area contributed by atoms with Crippen LogP contribution in [0.3, 0.4) is 0 Å². The van der Waals surface area contributed by atoms with Gasteiger partial charge in [0.2, 0.25) is 11.8 Å². The third-order valence-electron chi connectivity index (χ3n) is 3.39. The SMILES string of the molecule is N[C@@H](Cc1ccc(O)c(O)c1)C(=O)N1CCCNC(=O)C1. The Balaban J connectivity index is 2.01. The fraction of sp³-hybridized carbons (Fsp3) is 0.429. The molecule has 2 amide bonds. The molecule has 1 aliphatic rings. The van der Waals surface area contributed by atoms with E-state index in [1.54, 1.807) is 6.07 Å². The van der Waals surface area contributed by atoms with Crippen molar-refractivity contribution in [1.29, 1.82) is 0 Å². The number of phenolic OH excluding ortho intramolecular Hbond substituents is 2. The smallest absolute Gasteiger partial charge is 0.240 e. The van der Waals surface area contributed by atoms with Gasteiger partial charge in [-0.2, -0.15) is 0 Å². The summed E-state index contributed by atoms with van der Waals surface area (Å²) in [6.07, 6.45) is 0.926. The number of aromatic hydroxyl groups is 2. The van der Waals surface area contributed by atoms with Crippen LogP contribution < -0.4 is 11.1 Å². The Bertz CT molecular complexity index is 547. The second-order valence-electron chi connectivity index (χ2n) is 5.10. The third kappa shape index (κ3) is 3.85. The number of carbonyl (C=O) groups excluding carboxylic acids is 2. The summed E-state index contributed by atoms with van der Waals surface area (Å²) in [5.74, 6) is -0.945. The fourth-order valence-corrected chi connectivity index (χ4v) is 2.27. The van der Waals surface area contributed by atoms with Crippen LogP contribution in [0.5, 0.6) is 11.5 Å². The predicted octanol–water partition coefficient (Wildman–Crippen LogP) is -0.684. The van der Waals surface area contributed by atoms with Crippen LogP contribution >= 0.6 is 0 Å². The maximum Gasteiger partial charge on any atom is 0.240 e. The Morgan fingerprint density at radius 1 is 1.38 bits per heavy atom. The van der Waals surface area contributed by atoms with Gasteiger partial charge in [0.25, 0.3) is 0 Å². The molecule has 114 valence electrons. The molecule has 0 spiro atoms. The van der Waals surface area contributed by atoms with Crippen LogP contribution in [0, 0.1) is 0 Å². The van der Waals surface area contributed by atoms with E-state index in [1.807, 2.05) is 0 Å². The van der Waals surface area contributed by atoms with E-state index in [0.717, 1.165) is 0 Å². The summed E-state index contributed by atoms with van der Waals surface area (Å²) in [5, 5.41) is 21.4. The van der Waals surface area contributed by atoms with E-state index in [4.69, 9.17) is 5.73 Å². The molecule has 5 N–H and O–H groups in total. The molecule has 2 rings (SSSR count). The van der Waals surface area contributed by atoms with Crippen molar-refractivity contribution < 1.29 is 19.8 Å². The molecule has 1 saturated heterocycles. The summed E-state index contributed by atoms with van der Waals surface area (Å²) in [6, 6.07) is 3.52. The predicted molar refractivity (Wildman–Crippen MR) is 75.7 cm³/mol. The van der Waals surface area contributed by atoms with Crippen molar-refractivity contribution in [1.82, 2.24) is 10.2 Å². The molecule has 0 bridgehead atoms. The lowest BCUT2D eigenvalue weighted by Crippen LogP contribution is -2.47. The van der Waals surface area contributed by atoms with E-state index < -0.39 is 6.04 Å². The van der Waals surface area contributed by atoms with Crippen LogP contribution in [0.15, 0.2) is 18.2 Å². The number of rotatable bonds is 3. The van der Waals surface area contributed by atoms with Gasteiger partial charge in [-0.15, -0.1) is 0 Å². The van der Waals surface area contributed by atoms with Gasteiger partial charge in [-0.1, -0.05) is 6.07 Å². The average Bonchev–Trinajstić information content (AvgIpc) is 2.66. The molecule has 0 aromatic heterocycles. The highest BCUT2D eigenvalue weighted by molar-refractivity contribution is 5.87. The van der Waals surface area contributed by atoms with Crippen molar-refractivity contribution in [3.05, 3.63) is 23.8 Å². The lowest BCUT2D eigenvalue weighted by Gasteiger charge is -2.23. The number of amides is 2. The molecule has 7 nitrogen and oxygen atoms in total. The topological polar surface area (TPSA) is 116 Å². The number of hydrogen-bond donors (Lipinski definition) is 4. The van der Waals surface area contributed by atoms with Gasteiger partial charge >= 0.3 is 0 Å². The molecule has 1 heterocycles. The zero-order valence-corrected chi connectivity index (χ0v) is 11.6. The molecule has 1 atom stereocenters. The largest absolute Gasteiger partial charge is 0.504 e. The van der Waals surface area contributed by atoms with Crippen LogP contribution in [0.1, 0.15) is 12.0 Å². The monoisotopic (exact) mass is 293 g/mol. The maximum atomic E-state index is 12.3. The number of benzene rings is 1. The molecule has 0 radical (unpaired) electrons. The number of nitrogens with two attached hydrogens (primary N) is 1. The molecular weight excluding hydrogens is 274 g/mol. The van der Waals surface area contributed by atoms with E-state index in [2.05, 4.69) is 5.32 Å². The highest BCUT2D eigenvalue weighted by Crippen LogP contribution is 2.25. The number of nitrogens with one attached hydrogen (secondary N) is 1. The zero-order valence-electron chi connectivity index (χ0n) is 11.6. The van der Waals surface area contributed by atoms with Crippen molar-refractivity contribution in [3.8, 4) is 11.5 Å². The number of carbonyl (C=O) groups is 2. The van der Waals surface area contributed by atoms with Gasteiger partial charge in [0.1, 0.15) is 0 Å². The maximum absolute atomic E-state index is 12.3. The van der Waals surface area contributed by atoms with E-state index in [1.165, 1.54) is 17.0 Å². The quantitative estimate of drug-likeness (QED) is 0.551. The zero-order chi connectivity index (χ0) is 15.4. The lowest BCUT2D eigenvalue weighted by atomic mass is 10.0. The van der Waals surface area contributed by atoms with Crippen molar-refractivity contribution in [3.63, 3.8) is 0 Å². The summed E-state index contributed by atoms with van der Waals surface area (Å²) in [4.78, 5) is 25.2. The van der Waals surface area contributed by atoms with Gasteiger partial charge in [0, 0.05) is 13.1 Å². The minimum Gasteiger partial charge on any atom is -0.504 e. The highest BCUT2D eigenvalue weighted by Gasteiger charge is 2.24. The molecule has 1 aromatic carbocycles. The molecule has 21 heavy (non-hydrogen) atoms. The summed E-state index contributed by atoms with van der Waals surface area (Å²) in [6.45, 7) is 1.07. The Morgan fingerprint density at radius 2 is 2.14 bits per heavy atom. The van der Waals surface area contributed by atoms with Crippen LogP contribution in [0.25, 0.3) is 0 Å². The normalized spacial score (nSPS) is 17.0. The van der Waals surface area contributed by atoms with Gasteiger partial charge in [0.05, 0.1) is 12.6 Å². The first-order valence-corrected chi connectivity index (χ1v) is 6.79. The first-order chi connectivity index (χ1) is 9.97. The third-order valence-corrected chi connectivity index (χ3v) is 3.39. The molecule has 0 unspecified atom stereocenters. The van der Waals surface area contributed by atoms with Gasteiger partial charge in [-0.25, -0.2) is 0 Å². The number of phenols is 2. The van der Waals surface area contributed by atoms with Crippen LogP contribution in [0.2, 0.25) is 0 Å². The lowest BCUT2D eigenvalue weighted by molar-refractivity contribution is -0.136. The number of nitrogens with zero attached hydrogens (tertiary/aromatic N) is 1. The fourth-order valence-electron chi connectivity index (χ4n) is 2.27. The Kier molecular flexibility index (Phi) is 4.64. The highest BCUT2D eigenvalue weighted by atomic mass is 16.3. The second-order valence-corrected chi connectivity index (χ2v) is 5.10. The van der Waals surface area contributed by atoms with Crippen LogP contribution in [0.4, 0.5) is 0 Å². The number of hydrogen-bond acceptors (Lipinski definition) is 5. The Morgan fingerprint density at radius 3 is 2.86 bits per heavy atom. The van der Waals surface area contributed by atoms with Gasteiger partial charge in [-0.3, -0.25) is 9.59 Å². The Labute approximate surface area is 122 Å². The van der Waals surface area contributed by atoms with E-state index >= 15 is 0 Å². The van der Waals surface area contributed by atoms with E-state index in [-0.39, 0.29) is 36.3 Å². The first kappa shape index (κ1) is 15.1. The average molecular weight is 293 g/mol. The van der Waals surface area contributed by atoms with Crippen LogP contribution in [-0.4, -0.2) is 52.6 Å². The van der Waals surface area contributed by atoms with Crippen LogP contribution in [-0.2, 0) is 16.0 Å². The van der Waals surface area contributed by atoms with Crippen molar-refractivity contribution in [2.45, 2.75) is 18.9 Å². The van der Waals surface area contributed by atoms with Gasteiger partial charge < -0.3 is 26.2 Å². The Hall–Kier alpha value is -2.28. The minimum absolute atomic E-state index is 0.0212. The van der Waals surface area contributed by atoms with Crippen molar-refractivity contribution in [2.75, 3.05) is 19.6 Å². The van der Waals surface area contributed by atoms with E-state index in [9.17, 15) is 19.8 Å². The standard InChI is InChI=1S/C14H19N3O4/c15-10(6-9-2-3-11(18)12(19)7-9)14(21)17-5-1-4-16-13(20)8-17/h2-3,7,10,18-19H,1,4-6,8,15H2,(H,16,20)/t10-/m0/s1. The molecule has 0 aliphatic carbocycles. The summed E-state index contributed by atoms with van der Waals surface area (Å²) < 4.78 is 0. The molecule has 1 aliphatic heterocycles. The van der Waals surface area contributed by atoms with Crippen molar-refractivity contribution in [2.24, 2.45) is 5.73 Å². The first-order valence-electron chi connectivity index (χ1n) is 6.79. The molecule has 1 aromatic rings. The van der Waals surface area contributed by atoms with Gasteiger partial charge in [0.15, 0.2) is 11.5 Å². The molecule has 0 saturated carbocycles. The summed E-state index contributed by atoms with van der Waals surface area (Å²) >= 11 is 0. The minimum atomic E-state index is -0.792. The second kappa shape index (κ2) is 6.45.